The van der Waals surface area contributed by atoms with Gasteiger partial charge < -0.3 is 8.85 Å². The molecule has 1 aliphatic rings. The highest BCUT2D eigenvalue weighted by atomic mass is 28.4. The van der Waals surface area contributed by atoms with Gasteiger partial charge in [0, 0.05) is 6.42 Å². The van der Waals surface area contributed by atoms with Crippen LogP contribution in [-0.2, 0) is 8.85 Å². The zero-order valence-electron chi connectivity index (χ0n) is 15.9. The van der Waals surface area contributed by atoms with Crippen LogP contribution in [0.15, 0.2) is 24.5 Å². The topological polar surface area (TPSA) is 18.5 Å². The largest absolute Gasteiger partial charge is 0.547 e. The Labute approximate surface area is 145 Å². The minimum atomic E-state index is -1.69. The Hall–Kier alpha value is -0.766. The second-order valence-electron chi connectivity index (χ2n) is 8.43. The van der Waals surface area contributed by atoms with Gasteiger partial charge in [0.2, 0.25) is 8.32 Å². The predicted octanol–water partition coefficient (Wildman–Crippen LogP) is 5.71. The first kappa shape index (κ1) is 20.3. The summed E-state index contributed by atoms with van der Waals surface area (Å²) in [5.41, 5.74) is -0.0822. The van der Waals surface area contributed by atoms with Gasteiger partial charge in [-0.05, 0) is 71.0 Å². The van der Waals surface area contributed by atoms with Crippen LogP contribution in [-0.4, -0.2) is 22.7 Å². The highest BCUT2D eigenvalue weighted by molar-refractivity contribution is 6.70. The van der Waals surface area contributed by atoms with Crippen LogP contribution in [0.2, 0.25) is 39.3 Å². The number of hydrogen-bond donors (Lipinski definition) is 0. The molecule has 0 amide bonds. The lowest BCUT2D eigenvalue weighted by Crippen LogP contribution is -2.45. The molecule has 0 aromatic carbocycles. The summed E-state index contributed by atoms with van der Waals surface area (Å²) in [5, 5.41) is 0. The van der Waals surface area contributed by atoms with E-state index in [9.17, 15) is 0 Å². The van der Waals surface area contributed by atoms with Crippen molar-refractivity contribution in [2.45, 2.75) is 77.5 Å². The standard InChI is InChI=1S/C19H34O2Si2/c1-9-11-15-19(17(13-10-2)20-22(3,4)5)16-12-14-18(19)21-23(6,7)8/h2,9,14,17H,1,11-13,15-16H2,3-8H3/t17-,19-/m0/s1. The van der Waals surface area contributed by atoms with E-state index in [-0.39, 0.29) is 11.5 Å². The minimum Gasteiger partial charge on any atom is -0.547 e. The van der Waals surface area contributed by atoms with Gasteiger partial charge in [-0.25, -0.2) is 0 Å². The van der Waals surface area contributed by atoms with Crippen molar-refractivity contribution in [3.05, 3.63) is 24.5 Å². The van der Waals surface area contributed by atoms with Crippen LogP contribution in [0.25, 0.3) is 0 Å². The van der Waals surface area contributed by atoms with Crippen LogP contribution in [0, 0.1) is 17.8 Å². The van der Waals surface area contributed by atoms with Crippen LogP contribution in [0.5, 0.6) is 0 Å². The third-order valence-electron chi connectivity index (χ3n) is 4.04. The van der Waals surface area contributed by atoms with E-state index in [0.717, 1.165) is 31.4 Å². The van der Waals surface area contributed by atoms with E-state index in [1.165, 1.54) is 0 Å². The highest BCUT2D eigenvalue weighted by Gasteiger charge is 2.47. The molecule has 0 fully saturated rings. The molecule has 0 N–H and O–H groups in total. The molecule has 0 aliphatic heterocycles. The maximum Gasteiger partial charge on any atom is 0.241 e. The van der Waals surface area contributed by atoms with Crippen LogP contribution in [0.3, 0.4) is 0 Å². The molecule has 1 aliphatic carbocycles. The smallest absolute Gasteiger partial charge is 0.241 e. The normalized spacial score (nSPS) is 23.1. The van der Waals surface area contributed by atoms with Gasteiger partial charge in [-0.15, -0.1) is 18.9 Å². The summed E-state index contributed by atoms with van der Waals surface area (Å²) in [6.45, 7) is 17.3. The Bertz CT molecular complexity index is 477. The fourth-order valence-electron chi connectivity index (χ4n) is 3.23. The molecule has 0 saturated carbocycles. The van der Waals surface area contributed by atoms with Gasteiger partial charge in [0.1, 0.15) is 0 Å². The predicted molar refractivity (Wildman–Crippen MR) is 105 cm³/mol. The second-order valence-corrected chi connectivity index (χ2v) is 17.3. The Morgan fingerprint density at radius 2 is 1.96 bits per heavy atom. The maximum absolute atomic E-state index is 6.56. The van der Waals surface area contributed by atoms with Gasteiger partial charge in [0.25, 0.3) is 0 Å². The number of hydrogen-bond acceptors (Lipinski definition) is 2. The molecule has 0 heterocycles. The third-order valence-corrected chi connectivity index (χ3v) is 5.86. The van der Waals surface area contributed by atoms with Crippen molar-refractivity contribution < 1.29 is 8.85 Å². The second kappa shape index (κ2) is 7.87. The third kappa shape index (κ3) is 5.98. The van der Waals surface area contributed by atoms with Crippen molar-refractivity contribution in [3.63, 3.8) is 0 Å². The first-order valence-corrected chi connectivity index (χ1v) is 15.5. The SMILES string of the molecule is C#CC[C@H](O[Si](C)(C)C)[C@]1(CCC=C)CCC=C1O[Si](C)(C)C. The Balaban J connectivity index is 3.20. The van der Waals surface area contributed by atoms with Crippen molar-refractivity contribution in [1.29, 1.82) is 0 Å². The molecule has 0 unspecified atom stereocenters. The average molecular weight is 351 g/mol. The molecular weight excluding hydrogens is 316 g/mol. The molecule has 0 bridgehead atoms. The van der Waals surface area contributed by atoms with Crippen molar-refractivity contribution in [1.82, 2.24) is 0 Å². The Kier molecular flexibility index (Phi) is 6.94. The quantitative estimate of drug-likeness (QED) is 0.301. The van der Waals surface area contributed by atoms with E-state index in [2.05, 4.69) is 57.9 Å². The lowest BCUT2D eigenvalue weighted by molar-refractivity contribution is 0.0384. The van der Waals surface area contributed by atoms with Crippen molar-refractivity contribution >= 4 is 16.6 Å². The summed E-state index contributed by atoms with van der Waals surface area (Å²) in [6, 6.07) is 0. The molecule has 23 heavy (non-hydrogen) atoms. The van der Waals surface area contributed by atoms with Gasteiger partial charge in [0.15, 0.2) is 8.32 Å². The highest BCUT2D eigenvalue weighted by Crippen LogP contribution is 2.50. The molecule has 0 aromatic heterocycles. The van der Waals surface area contributed by atoms with Crippen molar-refractivity contribution in [2.24, 2.45) is 5.41 Å². The molecule has 2 nitrogen and oxygen atoms in total. The van der Waals surface area contributed by atoms with Crippen LogP contribution < -0.4 is 0 Å². The first-order valence-electron chi connectivity index (χ1n) is 8.66. The van der Waals surface area contributed by atoms with E-state index in [1.54, 1.807) is 0 Å². The monoisotopic (exact) mass is 350 g/mol. The number of terminal acetylenes is 1. The van der Waals surface area contributed by atoms with Gasteiger partial charge in [0.05, 0.1) is 17.3 Å². The van der Waals surface area contributed by atoms with Gasteiger partial charge >= 0.3 is 0 Å². The Morgan fingerprint density at radius 1 is 1.30 bits per heavy atom. The van der Waals surface area contributed by atoms with E-state index in [4.69, 9.17) is 15.3 Å². The molecule has 4 heteroatoms. The summed E-state index contributed by atoms with van der Waals surface area (Å²) in [7, 11) is -3.36. The van der Waals surface area contributed by atoms with Crippen molar-refractivity contribution in [2.75, 3.05) is 0 Å². The lowest BCUT2D eigenvalue weighted by atomic mass is 9.75. The summed E-state index contributed by atoms with van der Waals surface area (Å²) in [4.78, 5) is 0. The van der Waals surface area contributed by atoms with Gasteiger partial charge in [-0.2, -0.15) is 0 Å². The van der Waals surface area contributed by atoms with Crippen LogP contribution in [0.1, 0.15) is 32.1 Å². The molecule has 2 atom stereocenters. The summed E-state index contributed by atoms with van der Waals surface area (Å²) in [6.07, 6.45) is 14.7. The zero-order chi connectivity index (χ0) is 17.7. The fraction of sp³-hybridized carbons (Fsp3) is 0.684. The summed E-state index contributed by atoms with van der Waals surface area (Å²) in [5.74, 6) is 3.99. The van der Waals surface area contributed by atoms with Crippen LogP contribution >= 0.6 is 0 Å². The molecule has 0 radical (unpaired) electrons. The van der Waals surface area contributed by atoms with E-state index < -0.39 is 16.6 Å². The molecular formula is C19H34O2Si2. The van der Waals surface area contributed by atoms with E-state index in [1.807, 2.05) is 6.08 Å². The van der Waals surface area contributed by atoms with E-state index >= 15 is 0 Å². The maximum atomic E-state index is 6.56. The van der Waals surface area contributed by atoms with Gasteiger partial charge in [-0.1, -0.05) is 6.08 Å². The molecule has 0 aromatic rings. The van der Waals surface area contributed by atoms with Crippen molar-refractivity contribution in [3.8, 4) is 12.3 Å². The number of rotatable bonds is 9. The van der Waals surface area contributed by atoms with Gasteiger partial charge in [-0.3, -0.25) is 0 Å². The number of allylic oxidation sites excluding steroid dienone is 2. The fourth-order valence-corrected chi connectivity index (χ4v) is 5.34. The Morgan fingerprint density at radius 3 is 2.43 bits per heavy atom. The minimum absolute atomic E-state index is 0.0456. The van der Waals surface area contributed by atoms with Crippen LogP contribution in [0.4, 0.5) is 0 Å². The summed E-state index contributed by atoms with van der Waals surface area (Å²) >= 11 is 0. The average Bonchev–Trinajstić information content (AvgIpc) is 2.76. The summed E-state index contributed by atoms with van der Waals surface area (Å²) < 4.78 is 13.1. The molecule has 1 rings (SSSR count). The lowest BCUT2D eigenvalue weighted by Gasteiger charge is -2.43. The zero-order valence-corrected chi connectivity index (χ0v) is 17.9. The first-order chi connectivity index (χ1) is 10.5. The molecule has 0 spiro atoms. The van der Waals surface area contributed by atoms with E-state index in [0.29, 0.717) is 6.42 Å². The molecule has 0 saturated heterocycles. The molecule has 130 valence electrons.